The Morgan fingerprint density at radius 3 is 2.29 bits per heavy atom. The Kier molecular flexibility index (Phi) is 9.27. The second kappa shape index (κ2) is 11.9. The van der Waals surface area contributed by atoms with Gasteiger partial charge in [-0.05, 0) is 49.2 Å². The van der Waals surface area contributed by atoms with E-state index in [0.29, 0.717) is 35.3 Å². The molecule has 0 amide bonds. The van der Waals surface area contributed by atoms with Crippen molar-refractivity contribution in [2.24, 2.45) is 0 Å². The lowest BCUT2D eigenvalue weighted by molar-refractivity contribution is -0.202. The van der Waals surface area contributed by atoms with Crippen molar-refractivity contribution in [3.63, 3.8) is 0 Å². The first-order chi connectivity index (χ1) is 15.0. The average molecular weight is 449 g/mol. The van der Waals surface area contributed by atoms with Gasteiger partial charge in [-0.25, -0.2) is 4.57 Å². The van der Waals surface area contributed by atoms with Crippen LogP contribution >= 0.6 is 8.69 Å². The number of nitrogens with zero attached hydrogens (tertiary/aromatic N) is 1. The quantitative estimate of drug-likeness (QED) is 0.293. The minimum atomic E-state index is -0.833. The van der Waals surface area contributed by atoms with Gasteiger partial charge in [0.25, 0.3) is 0 Å². The zero-order valence-corrected chi connectivity index (χ0v) is 18.8. The van der Waals surface area contributed by atoms with Crippen LogP contribution in [0.25, 0.3) is 22.4 Å². The molecule has 2 aromatic carbocycles. The van der Waals surface area contributed by atoms with E-state index in [2.05, 4.69) is 5.16 Å². The van der Waals surface area contributed by atoms with Gasteiger partial charge in [0.2, 0.25) is 5.75 Å². The number of hydrogen-bond acceptors (Lipinski definition) is 8. The largest absolute Gasteiger partial charge is 0.493 e. The maximum absolute atomic E-state index is 8.46. The van der Waals surface area contributed by atoms with Crippen LogP contribution in [0.2, 0.25) is 0 Å². The van der Waals surface area contributed by atoms with Crippen molar-refractivity contribution < 1.29 is 38.0 Å². The van der Waals surface area contributed by atoms with Crippen LogP contribution in [0.5, 0.6) is 23.0 Å². The molecule has 0 aliphatic heterocycles. The Bertz CT molecular complexity index is 1010. The van der Waals surface area contributed by atoms with Gasteiger partial charge in [-0.1, -0.05) is 11.2 Å². The van der Waals surface area contributed by atoms with Gasteiger partial charge in [0.15, 0.2) is 17.2 Å². The lowest BCUT2D eigenvalue weighted by Crippen LogP contribution is -1.98. The van der Waals surface area contributed by atoms with Crippen LogP contribution < -0.4 is 19.1 Å². The highest BCUT2D eigenvalue weighted by Crippen LogP contribution is 2.40. The molecular weight excluding hydrogens is 425 g/mol. The summed E-state index contributed by atoms with van der Waals surface area (Å²) in [6.45, 7) is 4.21. The molecule has 1 aromatic heterocycles. The van der Waals surface area contributed by atoms with Crippen molar-refractivity contribution in [2.75, 3.05) is 27.9 Å². The summed E-state index contributed by atoms with van der Waals surface area (Å²) in [5.74, 6) is 2.35. The molecule has 0 unspecified atom stereocenters. The highest BCUT2D eigenvalue weighted by Gasteiger charge is 2.18. The van der Waals surface area contributed by atoms with E-state index < -0.39 is 8.69 Å². The van der Waals surface area contributed by atoms with E-state index >= 15 is 0 Å². The van der Waals surface area contributed by atoms with Gasteiger partial charge in [0.05, 0.1) is 27.9 Å². The van der Waals surface area contributed by atoms with E-state index in [9.17, 15) is 0 Å². The summed E-state index contributed by atoms with van der Waals surface area (Å²) in [6.07, 6.45) is 1.59. The molecule has 0 aliphatic carbocycles. The fourth-order valence-corrected chi connectivity index (χ4v) is 2.97. The lowest BCUT2D eigenvalue weighted by atomic mass is 9.99. The molecule has 0 bridgehead atoms. The first kappa shape index (κ1) is 24.1. The molecular formula is C21H24NO8P. The molecule has 1 N–H and O–H groups in total. The highest BCUT2D eigenvalue weighted by atomic mass is 31.1. The van der Waals surface area contributed by atoms with E-state index in [0.717, 1.165) is 22.3 Å². The zero-order chi connectivity index (χ0) is 22.8. The van der Waals surface area contributed by atoms with Crippen LogP contribution in [0.1, 0.15) is 12.5 Å². The topological polar surface area (TPSA) is 109 Å². The molecule has 166 valence electrons. The minimum absolute atomic E-state index is 0.414. The summed E-state index contributed by atoms with van der Waals surface area (Å²) in [5, 5.41) is 4.19. The van der Waals surface area contributed by atoms with Crippen LogP contribution in [0, 0.1) is 6.92 Å². The maximum atomic E-state index is 8.46. The summed E-state index contributed by atoms with van der Waals surface area (Å²) in [5.41, 5.74) is 4.11. The molecule has 0 atom stereocenters. The smallest absolute Gasteiger partial charge is 0.324 e. The van der Waals surface area contributed by atoms with E-state index in [1.165, 1.54) is 0 Å². The second-order valence-corrected chi connectivity index (χ2v) is 6.21. The van der Waals surface area contributed by atoms with Gasteiger partial charge in [0.1, 0.15) is 12.0 Å². The number of ether oxygens (including phenoxy) is 3. The average Bonchev–Trinajstić information content (AvgIpc) is 3.27. The van der Waals surface area contributed by atoms with Crippen molar-refractivity contribution in [1.82, 2.24) is 5.16 Å². The fraction of sp³-hybridized carbons (Fsp3) is 0.286. The highest BCUT2D eigenvalue weighted by molar-refractivity contribution is 7.16. The summed E-state index contributed by atoms with van der Waals surface area (Å²) in [6, 6.07) is 9.37. The molecule has 0 spiro atoms. The molecule has 0 saturated heterocycles. The number of rotatable bonds is 8. The Morgan fingerprint density at radius 2 is 1.68 bits per heavy atom. The van der Waals surface area contributed by atoms with Crippen LogP contribution in [0.3, 0.4) is 0 Å². The SMILES string of the molecule is CCOOc1cc(-c2conc2-c2cc(C)c(OC)c(OC)c2)ccc1OC.O=PO. The molecule has 0 fully saturated rings. The third-order valence-electron chi connectivity index (χ3n) is 4.25. The van der Waals surface area contributed by atoms with Gasteiger partial charge >= 0.3 is 8.69 Å². The molecule has 3 aromatic rings. The van der Waals surface area contributed by atoms with Gasteiger partial charge in [-0.15, -0.1) is 0 Å². The van der Waals surface area contributed by atoms with Crippen molar-refractivity contribution in [3.8, 4) is 45.4 Å². The second-order valence-electron chi connectivity index (χ2n) is 6.04. The predicted molar refractivity (Wildman–Crippen MR) is 114 cm³/mol. The summed E-state index contributed by atoms with van der Waals surface area (Å²) >= 11 is 0. The molecule has 0 radical (unpaired) electrons. The number of aromatic nitrogens is 1. The van der Waals surface area contributed by atoms with Gasteiger partial charge in [0, 0.05) is 11.1 Å². The Balaban J connectivity index is 0.00000107. The molecule has 3 rings (SSSR count). The molecule has 9 nitrogen and oxygen atoms in total. The zero-order valence-electron chi connectivity index (χ0n) is 17.9. The standard InChI is InChI=1S/C21H23NO6.HO2P/c1-6-27-28-18-10-14(7-8-17(18)23-3)16-12-26-22-20(16)15-9-13(2)21(25-5)19(11-15)24-4;1-3-2/h7-12H,6H2,1-5H3;(H,1,2). The number of hydrogen-bond donors (Lipinski definition) is 1. The monoisotopic (exact) mass is 449 g/mol. The number of benzene rings is 2. The van der Waals surface area contributed by atoms with Gasteiger partial charge in [-0.2, -0.15) is 4.89 Å². The molecule has 10 heteroatoms. The van der Waals surface area contributed by atoms with E-state index in [1.807, 2.05) is 38.1 Å². The van der Waals surface area contributed by atoms with Crippen LogP contribution in [-0.4, -0.2) is 38.0 Å². The Hall–Kier alpha value is -3.13. The van der Waals surface area contributed by atoms with Crippen molar-refractivity contribution >= 4 is 8.69 Å². The fourth-order valence-electron chi connectivity index (χ4n) is 2.97. The lowest BCUT2D eigenvalue weighted by Gasteiger charge is -2.13. The third-order valence-corrected chi connectivity index (χ3v) is 4.25. The van der Waals surface area contributed by atoms with Crippen LogP contribution in [-0.2, 0) is 9.45 Å². The van der Waals surface area contributed by atoms with Crippen molar-refractivity contribution in [2.45, 2.75) is 13.8 Å². The van der Waals surface area contributed by atoms with Gasteiger partial charge in [-0.3, -0.25) is 0 Å². The molecule has 0 saturated carbocycles. The molecule has 31 heavy (non-hydrogen) atoms. The van der Waals surface area contributed by atoms with Gasteiger partial charge < -0.3 is 28.5 Å². The van der Waals surface area contributed by atoms with E-state index in [4.69, 9.17) is 38.0 Å². The first-order valence-electron chi connectivity index (χ1n) is 9.16. The number of aryl methyl sites for hydroxylation is 1. The predicted octanol–water partition coefficient (Wildman–Crippen LogP) is 4.86. The van der Waals surface area contributed by atoms with Crippen molar-refractivity contribution in [1.29, 1.82) is 0 Å². The van der Waals surface area contributed by atoms with E-state index in [1.54, 1.807) is 33.7 Å². The maximum Gasteiger partial charge on any atom is 0.324 e. The summed E-state index contributed by atoms with van der Waals surface area (Å²) < 4.78 is 29.9. The molecule has 0 aliphatic rings. The minimum Gasteiger partial charge on any atom is -0.493 e. The summed E-state index contributed by atoms with van der Waals surface area (Å²) in [4.78, 5) is 17.4. The Morgan fingerprint density at radius 1 is 1.00 bits per heavy atom. The number of methoxy groups -OCH3 is 3. The summed E-state index contributed by atoms with van der Waals surface area (Å²) in [7, 11) is 3.96. The molecule has 1 heterocycles. The first-order valence-corrected chi connectivity index (χ1v) is 9.92. The normalized spacial score (nSPS) is 10.3. The third kappa shape index (κ3) is 5.73. The van der Waals surface area contributed by atoms with E-state index in [-0.39, 0.29) is 0 Å². The Labute approximate surface area is 181 Å². The van der Waals surface area contributed by atoms with Crippen molar-refractivity contribution in [3.05, 3.63) is 42.2 Å². The van der Waals surface area contributed by atoms with Crippen LogP contribution in [0.15, 0.2) is 41.1 Å². The van der Waals surface area contributed by atoms with Crippen LogP contribution in [0.4, 0.5) is 0 Å².